The van der Waals surface area contributed by atoms with Gasteiger partial charge in [0.2, 0.25) is 11.8 Å². The molecule has 4 heterocycles. The maximum atomic E-state index is 14.4. The smallest absolute Gasteiger partial charge is 0.313 e. The summed E-state index contributed by atoms with van der Waals surface area (Å²) in [6.07, 6.45) is 15.5. The highest BCUT2D eigenvalue weighted by Crippen LogP contribution is 2.58. The lowest BCUT2D eigenvalue weighted by molar-refractivity contribution is -0.163. The van der Waals surface area contributed by atoms with Gasteiger partial charge in [-0.2, -0.15) is 0 Å². The highest BCUT2D eigenvalue weighted by molar-refractivity contribution is 5.99. The van der Waals surface area contributed by atoms with Crippen LogP contribution in [0.3, 0.4) is 0 Å². The van der Waals surface area contributed by atoms with Crippen molar-refractivity contribution in [1.29, 1.82) is 0 Å². The summed E-state index contributed by atoms with van der Waals surface area (Å²) in [5.41, 5.74) is -2.32. The van der Waals surface area contributed by atoms with E-state index < -0.39 is 41.1 Å². The van der Waals surface area contributed by atoms with Crippen LogP contribution in [0.15, 0.2) is 24.3 Å². The van der Waals surface area contributed by atoms with Gasteiger partial charge in [0.05, 0.1) is 25.2 Å². The van der Waals surface area contributed by atoms with E-state index in [1.54, 1.807) is 4.90 Å². The van der Waals surface area contributed by atoms with E-state index in [0.717, 1.165) is 32.1 Å². The molecule has 0 aromatic heterocycles. The van der Waals surface area contributed by atoms with Gasteiger partial charge < -0.3 is 24.4 Å². The van der Waals surface area contributed by atoms with Gasteiger partial charge in [-0.25, -0.2) is 0 Å². The molecule has 8 nitrogen and oxygen atoms in total. The molecular weight excluding hydrogens is 460 g/mol. The van der Waals surface area contributed by atoms with E-state index in [1.807, 2.05) is 43.1 Å². The Morgan fingerprint density at radius 3 is 2.50 bits per heavy atom. The van der Waals surface area contributed by atoms with Gasteiger partial charge in [0, 0.05) is 12.6 Å². The highest BCUT2D eigenvalue weighted by Gasteiger charge is 2.75. The second kappa shape index (κ2) is 9.93. The van der Waals surface area contributed by atoms with Gasteiger partial charge in [-0.3, -0.25) is 14.4 Å². The number of aliphatic hydroxyl groups is 1. The van der Waals surface area contributed by atoms with Crippen molar-refractivity contribution in [2.24, 2.45) is 11.8 Å². The number of nitrogens with zero attached hydrogens (tertiary/aromatic N) is 2. The molecule has 1 N–H and O–H groups in total. The van der Waals surface area contributed by atoms with Crippen molar-refractivity contribution in [3.8, 4) is 0 Å². The van der Waals surface area contributed by atoms with Gasteiger partial charge in [-0.05, 0) is 38.5 Å². The molecule has 8 heteroatoms. The molecule has 0 aromatic rings. The molecule has 1 aliphatic carbocycles. The largest absolute Gasteiger partial charge is 0.465 e. The van der Waals surface area contributed by atoms with Crippen molar-refractivity contribution in [3.05, 3.63) is 24.3 Å². The molecule has 0 radical (unpaired) electrons. The molecule has 1 saturated carbocycles. The number of aliphatic hydroxyl groups excluding tert-OH is 1. The van der Waals surface area contributed by atoms with Gasteiger partial charge in [0.15, 0.2) is 0 Å². The van der Waals surface area contributed by atoms with Gasteiger partial charge in [0.1, 0.15) is 23.2 Å². The number of carbonyl (C=O) groups excluding carboxylic acids is 3. The van der Waals surface area contributed by atoms with Crippen molar-refractivity contribution >= 4 is 17.8 Å². The second-order valence-electron chi connectivity index (χ2n) is 11.0. The number of amides is 2. The number of fused-ring (bicyclic) bond motifs is 2. The predicted octanol–water partition coefficient (Wildman–Crippen LogP) is 2.74. The van der Waals surface area contributed by atoms with Crippen LogP contribution in [0.4, 0.5) is 0 Å². The van der Waals surface area contributed by atoms with Crippen LogP contribution >= 0.6 is 0 Å². The lowest BCUT2D eigenvalue weighted by Gasteiger charge is -2.42. The standard InChI is InChI=1S/C28H40N2O6/c1-3-19(18-31)30-23-25(33)29(20-12-7-5-8-13-20)16-11-15-28(23)21(24(30)32)22-26(34)35-17-10-6-9-14-27(22,4-2)36-28/h9,11,14-15,19-23,31H,3-8,10,12-13,16-18H2,1-2H3/b14-9-/t19-,21-,22-,23?,27+,28-/m0/s1. The maximum absolute atomic E-state index is 14.4. The Bertz CT molecular complexity index is 938. The molecule has 5 aliphatic rings. The zero-order valence-corrected chi connectivity index (χ0v) is 21.6. The van der Waals surface area contributed by atoms with E-state index in [-0.39, 0.29) is 24.5 Å². The monoisotopic (exact) mass is 500 g/mol. The normalized spacial score (nSPS) is 38.9. The summed E-state index contributed by atoms with van der Waals surface area (Å²) in [6, 6.07) is -1.33. The molecule has 2 amide bonds. The molecule has 1 spiro atoms. The van der Waals surface area contributed by atoms with Crippen LogP contribution in [-0.2, 0) is 23.9 Å². The molecule has 4 aliphatic heterocycles. The average Bonchev–Trinajstić information content (AvgIpc) is 3.27. The summed E-state index contributed by atoms with van der Waals surface area (Å²) in [5, 5.41) is 10.2. The first kappa shape index (κ1) is 25.5. The topological polar surface area (TPSA) is 96.4 Å². The van der Waals surface area contributed by atoms with Crippen LogP contribution in [-0.4, -0.2) is 81.8 Å². The molecule has 6 atom stereocenters. The summed E-state index contributed by atoms with van der Waals surface area (Å²) in [7, 11) is 0. The minimum Gasteiger partial charge on any atom is -0.465 e. The lowest BCUT2D eigenvalue weighted by atomic mass is 9.73. The SMILES string of the molecule is CC[C@@H](CO)N1C(=O)[C@@H]2[C@H]3C(=O)OCCC/C=C\[C@@]3(CC)O[C@@]23C=CCN(C2CCCCC2)C(=O)C13. The van der Waals surface area contributed by atoms with Crippen molar-refractivity contribution in [1.82, 2.24) is 9.80 Å². The molecule has 1 unspecified atom stereocenters. The minimum absolute atomic E-state index is 0.125. The van der Waals surface area contributed by atoms with E-state index >= 15 is 0 Å². The number of ether oxygens (including phenoxy) is 2. The molecule has 198 valence electrons. The van der Waals surface area contributed by atoms with Crippen LogP contribution < -0.4 is 0 Å². The van der Waals surface area contributed by atoms with Crippen molar-refractivity contribution in [2.45, 2.75) is 101 Å². The number of rotatable bonds is 5. The maximum Gasteiger partial charge on any atom is 0.313 e. The van der Waals surface area contributed by atoms with Crippen molar-refractivity contribution < 1.29 is 29.0 Å². The van der Waals surface area contributed by atoms with E-state index in [2.05, 4.69) is 0 Å². The third kappa shape index (κ3) is 3.74. The van der Waals surface area contributed by atoms with Crippen molar-refractivity contribution in [3.63, 3.8) is 0 Å². The average molecular weight is 501 g/mol. The molecule has 3 fully saturated rings. The van der Waals surface area contributed by atoms with Gasteiger partial charge in [-0.1, -0.05) is 57.4 Å². The van der Waals surface area contributed by atoms with Crippen molar-refractivity contribution in [2.75, 3.05) is 19.8 Å². The third-order valence-corrected chi connectivity index (χ3v) is 9.19. The fraction of sp³-hybridized carbons (Fsp3) is 0.750. The number of likely N-dealkylation sites (tertiary alicyclic amines) is 1. The number of cyclic esters (lactones) is 1. The van der Waals surface area contributed by atoms with E-state index in [9.17, 15) is 19.5 Å². The van der Waals surface area contributed by atoms with Gasteiger partial charge >= 0.3 is 5.97 Å². The first-order valence-corrected chi connectivity index (χ1v) is 13.9. The summed E-state index contributed by atoms with van der Waals surface area (Å²) < 4.78 is 12.6. The Kier molecular flexibility index (Phi) is 7.03. The van der Waals surface area contributed by atoms with Gasteiger partial charge in [-0.15, -0.1) is 0 Å². The first-order chi connectivity index (χ1) is 17.4. The number of hydrogen-bond acceptors (Lipinski definition) is 6. The molecule has 0 aromatic carbocycles. The summed E-state index contributed by atoms with van der Waals surface area (Å²) in [5.74, 6) is -2.61. The van der Waals surface area contributed by atoms with E-state index in [4.69, 9.17) is 9.47 Å². The third-order valence-electron chi connectivity index (χ3n) is 9.19. The number of allylic oxidation sites excluding steroid dienone is 1. The number of carbonyl (C=O) groups is 3. The molecule has 0 bridgehead atoms. The Hall–Kier alpha value is -2.19. The second-order valence-corrected chi connectivity index (χ2v) is 11.0. The Balaban J connectivity index is 1.66. The zero-order chi connectivity index (χ0) is 25.5. The van der Waals surface area contributed by atoms with Gasteiger partial charge in [0.25, 0.3) is 0 Å². The first-order valence-electron chi connectivity index (χ1n) is 13.9. The zero-order valence-electron chi connectivity index (χ0n) is 21.6. The number of hydrogen-bond donors (Lipinski definition) is 1. The Morgan fingerprint density at radius 2 is 1.81 bits per heavy atom. The lowest BCUT2D eigenvalue weighted by Crippen LogP contribution is -2.60. The number of esters is 1. The molecular formula is C28H40N2O6. The van der Waals surface area contributed by atoms with Crippen LogP contribution in [0.1, 0.15) is 71.6 Å². The van der Waals surface area contributed by atoms with Crippen LogP contribution in [0.2, 0.25) is 0 Å². The van der Waals surface area contributed by atoms with Crippen LogP contribution in [0, 0.1) is 11.8 Å². The fourth-order valence-corrected chi connectivity index (χ4v) is 7.36. The summed E-state index contributed by atoms with van der Waals surface area (Å²) in [6.45, 7) is 4.35. The molecule has 36 heavy (non-hydrogen) atoms. The fourth-order valence-electron chi connectivity index (χ4n) is 7.36. The summed E-state index contributed by atoms with van der Waals surface area (Å²) >= 11 is 0. The predicted molar refractivity (Wildman–Crippen MR) is 133 cm³/mol. The summed E-state index contributed by atoms with van der Waals surface area (Å²) in [4.78, 5) is 45.7. The minimum atomic E-state index is -1.29. The Morgan fingerprint density at radius 1 is 1.03 bits per heavy atom. The van der Waals surface area contributed by atoms with E-state index in [0.29, 0.717) is 32.4 Å². The molecule has 5 rings (SSSR count). The van der Waals surface area contributed by atoms with Crippen LogP contribution in [0.25, 0.3) is 0 Å². The van der Waals surface area contributed by atoms with E-state index in [1.165, 1.54) is 6.42 Å². The molecule has 2 saturated heterocycles. The highest BCUT2D eigenvalue weighted by atomic mass is 16.6. The Labute approximate surface area is 213 Å². The quantitative estimate of drug-likeness (QED) is 0.461. The van der Waals surface area contributed by atoms with Crippen LogP contribution in [0.5, 0.6) is 0 Å².